The Labute approximate surface area is 92.3 Å². The van der Waals surface area contributed by atoms with Gasteiger partial charge in [0.05, 0.1) is 0 Å². The zero-order valence-electron chi connectivity index (χ0n) is 8.22. The van der Waals surface area contributed by atoms with Crippen LogP contribution in [0, 0.1) is 0 Å². The molecule has 1 saturated heterocycles. The van der Waals surface area contributed by atoms with Gasteiger partial charge >= 0.3 is 5.97 Å². The third-order valence-corrected chi connectivity index (χ3v) is 3.27. The fraction of sp³-hybridized carbons (Fsp3) is 0.400. The summed E-state index contributed by atoms with van der Waals surface area (Å²) in [6, 6.07) is 3.26. The number of thioether (sulfide) groups is 1. The van der Waals surface area contributed by atoms with Crippen LogP contribution in [0.3, 0.4) is 0 Å². The summed E-state index contributed by atoms with van der Waals surface area (Å²) < 4.78 is 0. The molecule has 4 nitrogen and oxygen atoms in total. The van der Waals surface area contributed by atoms with Crippen molar-refractivity contribution in [3.05, 3.63) is 23.9 Å². The summed E-state index contributed by atoms with van der Waals surface area (Å²) in [6.07, 6.45) is 1.64. The molecule has 0 radical (unpaired) electrons. The van der Waals surface area contributed by atoms with E-state index in [-0.39, 0.29) is 0 Å². The van der Waals surface area contributed by atoms with E-state index in [1.807, 2.05) is 16.7 Å². The van der Waals surface area contributed by atoms with Gasteiger partial charge in [-0.1, -0.05) is 0 Å². The maximum Gasteiger partial charge on any atom is 0.339 e. The van der Waals surface area contributed by atoms with Gasteiger partial charge in [0.2, 0.25) is 0 Å². The minimum Gasteiger partial charge on any atom is -0.478 e. The lowest BCUT2D eigenvalue weighted by molar-refractivity contribution is 0.0697. The number of anilines is 1. The largest absolute Gasteiger partial charge is 0.478 e. The lowest BCUT2D eigenvalue weighted by Gasteiger charge is -2.28. The van der Waals surface area contributed by atoms with Crippen LogP contribution < -0.4 is 4.90 Å². The number of carbonyl (C=O) groups is 1. The Hall–Kier alpha value is -1.23. The zero-order chi connectivity index (χ0) is 10.7. The second-order valence-electron chi connectivity index (χ2n) is 3.28. The number of aromatic carboxylic acids is 1. The molecule has 0 saturated carbocycles. The van der Waals surface area contributed by atoms with Crippen molar-refractivity contribution in [2.75, 3.05) is 29.5 Å². The number of aromatic nitrogens is 1. The van der Waals surface area contributed by atoms with Gasteiger partial charge in [0.1, 0.15) is 11.4 Å². The highest BCUT2D eigenvalue weighted by atomic mass is 32.2. The van der Waals surface area contributed by atoms with E-state index >= 15 is 0 Å². The second-order valence-corrected chi connectivity index (χ2v) is 4.50. The van der Waals surface area contributed by atoms with Crippen LogP contribution in [0.1, 0.15) is 10.4 Å². The van der Waals surface area contributed by atoms with Crippen molar-refractivity contribution in [3.8, 4) is 0 Å². The number of hydrogen-bond donors (Lipinski definition) is 1. The molecule has 2 rings (SSSR count). The lowest BCUT2D eigenvalue weighted by Crippen LogP contribution is -2.34. The number of pyridine rings is 1. The molecule has 1 aromatic rings. The van der Waals surface area contributed by atoms with Gasteiger partial charge in [0.25, 0.3) is 0 Å². The summed E-state index contributed by atoms with van der Waals surface area (Å²) in [6.45, 7) is 1.75. The standard InChI is InChI=1S/C10H12N2O2S/c13-10(14)8-2-1-3-11-9(8)12-4-6-15-7-5-12/h1-3H,4-7H2,(H,13,14). The first-order valence-corrected chi connectivity index (χ1v) is 5.95. The number of hydrogen-bond acceptors (Lipinski definition) is 4. The van der Waals surface area contributed by atoms with Gasteiger partial charge in [-0.3, -0.25) is 0 Å². The quantitative estimate of drug-likeness (QED) is 0.821. The molecule has 1 aliphatic rings. The maximum absolute atomic E-state index is 11.0. The van der Waals surface area contributed by atoms with Crippen LogP contribution in [0.5, 0.6) is 0 Å². The Balaban J connectivity index is 2.29. The van der Waals surface area contributed by atoms with Gasteiger partial charge in [0.15, 0.2) is 0 Å². The Kier molecular flexibility index (Phi) is 3.11. The fourth-order valence-corrected chi connectivity index (χ4v) is 2.49. The van der Waals surface area contributed by atoms with E-state index in [9.17, 15) is 4.79 Å². The molecule has 1 aliphatic heterocycles. The van der Waals surface area contributed by atoms with Crippen LogP contribution in [0.15, 0.2) is 18.3 Å². The third kappa shape index (κ3) is 2.23. The molecule has 0 bridgehead atoms. The van der Waals surface area contributed by atoms with Crippen LogP contribution in [-0.4, -0.2) is 40.7 Å². The monoisotopic (exact) mass is 224 g/mol. The summed E-state index contributed by atoms with van der Waals surface area (Å²) in [7, 11) is 0. The van der Waals surface area contributed by atoms with Crippen molar-refractivity contribution in [2.24, 2.45) is 0 Å². The molecule has 0 atom stereocenters. The van der Waals surface area contributed by atoms with Crippen LogP contribution in [0.25, 0.3) is 0 Å². The molecule has 80 valence electrons. The highest BCUT2D eigenvalue weighted by Gasteiger charge is 2.18. The molecular weight excluding hydrogens is 212 g/mol. The summed E-state index contributed by atoms with van der Waals surface area (Å²) in [4.78, 5) is 17.2. The highest BCUT2D eigenvalue weighted by molar-refractivity contribution is 7.99. The van der Waals surface area contributed by atoms with Crippen LogP contribution in [0.2, 0.25) is 0 Å². The van der Waals surface area contributed by atoms with Crippen molar-refractivity contribution < 1.29 is 9.90 Å². The van der Waals surface area contributed by atoms with Gasteiger partial charge in [-0.2, -0.15) is 11.8 Å². The number of nitrogens with zero attached hydrogens (tertiary/aromatic N) is 2. The molecule has 1 N–H and O–H groups in total. The molecule has 0 amide bonds. The van der Waals surface area contributed by atoms with Gasteiger partial charge < -0.3 is 10.0 Å². The Morgan fingerprint density at radius 1 is 1.47 bits per heavy atom. The van der Waals surface area contributed by atoms with Crippen molar-refractivity contribution in [3.63, 3.8) is 0 Å². The minimum absolute atomic E-state index is 0.296. The number of carboxylic acids is 1. The zero-order valence-corrected chi connectivity index (χ0v) is 9.04. The number of rotatable bonds is 2. The summed E-state index contributed by atoms with van der Waals surface area (Å²) >= 11 is 1.89. The van der Waals surface area contributed by atoms with E-state index in [4.69, 9.17) is 5.11 Å². The first kappa shape index (κ1) is 10.3. The summed E-state index contributed by atoms with van der Waals surface area (Å²) in [5.41, 5.74) is 0.296. The lowest BCUT2D eigenvalue weighted by atomic mass is 10.2. The third-order valence-electron chi connectivity index (χ3n) is 2.33. The highest BCUT2D eigenvalue weighted by Crippen LogP contribution is 2.20. The van der Waals surface area contributed by atoms with Gasteiger partial charge in [-0.05, 0) is 12.1 Å². The predicted octanol–water partition coefficient (Wildman–Crippen LogP) is 1.33. The van der Waals surface area contributed by atoms with E-state index in [2.05, 4.69) is 4.98 Å². The Morgan fingerprint density at radius 3 is 2.87 bits per heavy atom. The molecule has 0 spiro atoms. The SMILES string of the molecule is O=C(O)c1cccnc1N1CCSCC1. The molecule has 0 unspecified atom stereocenters. The van der Waals surface area contributed by atoms with E-state index in [0.717, 1.165) is 24.6 Å². The fourth-order valence-electron chi connectivity index (χ4n) is 1.59. The van der Waals surface area contributed by atoms with Crippen molar-refractivity contribution in [1.82, 2.24) is 4.98 Å². The smallest absolute Gasteiger partial charge is 0.339 e. The molecule has 0 aromatic carbocycles. The maximum atomic E-state index is 11.0. The van der Waals surface area contributed by atoms with Crippen molar-refractivity contribution in [2.45, 2.75) is 0 Å². The van der Waals surface area contributed by atoms with Crippen LogP contribution in [-0.2, 0) is 0 Å². The molecule has 0 aliphatic carbocycles. The molecular formula is C10H12N2O2S. The normalized spacial score (nSPS) is 16.4. The van der Waals surface area contributed by atoms with E-state index in [1.54, 1.807) is 18.3 Å². The van der Waals surface area contributed by atoms with Crippen molar-refractivity contribution >= 4 is 23.5 Å². The molecule has 1 fully saturated rings. The average molecular weight is 224 g/mol. The van der Waals surface area contributed by atoms with Crippen LogP contribution >= 0.6 is 11.8 Å². The molecule has 15 heavy (non-hydrogen) atoms. The van der Waals surface area contributed by atoms with Gasteiger partial charge in [0, 0.05) is 30.8 Å². The first-order valence-electron chi connectivity index (χ1n) is 4.80. The Bertz CT molecular complexity index is 364. The molecule has 2 heterocycles. The van der Waals surface area contributed by atoms with Gasteiger partial charge in [-0.15, -0.1) is 0 Å². The van der Waals surface area contributed by atoms with E-state index < -0.39 is 5.97 Å². The average Bonchev–Trinajstić information content (AvgIpc) is 2.30. The summed E-state index contributed by atoms with van der Waals surface area (Å²) in [5, 5.41) is 9.02. The minimum atomic E-state index is -0.906. The summed E-state index contributed by atoms with van der Waals surface area (Å²) in [5.74, 6) is 1.77. The topological polar surface area (TPSA) is 53.4 Å². The molecule has 1 aromatic heterocycles. The van der Waals surface area contributed by atoms with Crippen LogP contribution in [0.4, 0.5) is 5.82 Å². The van der Waals surface area contributed by atoms with Crippen molar-refractivity contribution in [1.29, 1.82) is 0 Å². The van der Waals surface area contributed by atoms with E-state index in [1.165, 1.54) is 0 Å². The number of carboxylic acid groups (broad SMARTS) is 1. The first-order chi connectivity index (χ1) is 7.29. The predicted molar refractivity (Wildman–Crippen MR) is 60.7 cm³/mol. The van der Waals surface area contributed by atoms with E-state index in [0.29, 0.717) is 11.4 Å². The molecule has 5 heteroatoms. The Morgan fingerprint density at radius 2 is 2.20 bits per heavy atom. The van der Waals surface area contributed by atoms with Gasteiger partial charge in [-0.25, -0.2) is 9.78 Å². The second kappa shape index (κ2) is 4.53.